The van der Waals surface area contributed by atoms with Crippen molar-refractivity contribution in [2.75, 3.05) is 6.61 Å². The first-order valence-electron chi connectivity index (χ1n) is 3.79. The molecule has 1 unspecified atom stereocenters. The molecule has 0 aliphatic heterocycles. The summed E-state index contributed by atoms with van der Waals surface area (Å²) in [5, 5.41) is 17.2. The van der Waals surface area contributed by atoms with Gasteiger partial charge in [0.2, 0.25) is 6.29 Å². The Hall–Kier alpha value is -1.39. The molecule has 4 heteroatoms. The molecular formula is C9H10O4. The normalized spacial score (nSPS) is 12.2. The molecule has 1 rings (SSSR count). The number of esters is 1. The Morgan fingerprint density at radius 3 is 2.54 bits per heavy atom. The van der Waals surface area contributed by atoms with E-state index in [9.17, 15) is 4.79 Å². The van der Waals surface area contributed by atoms with Crippen molar-refractivity contribution in [1.29, 1.82) is 0 Å². The Labute approximate surface area is 75.4 Å². The monoisotopic (exact) mass is 182 g/mol. The molecule has 1 aromatic carbocycles. The van der Waals surface area contributed by atoms with E-state index < -0.39 is 18.9 Å². The van der Waals surface area contributed by atoms with Crippen LogP contribution in [0.5, 0.6) is 0 Å². The minimum atomic E-state index is -1.45. The summed E-state index contributed by atoms with van der Waals surface area (Å²) in [6, 6.07) is 8.25. The number of benzene rings is 1. The van der Waals surface area contributed by atoms with Crippen LogP contribution in [0.1, 0.15) is 10.4 Å². The number of carbonyl (C=O) groups excluding carboxylic acids is 1. The summed E-state index contributed by atoms with van der Waals surface area (Å²) in [5.41, 5.74) is 0.343. The first-order valence-corrected chi connectivity index (χ1v) is 3.79. The molecule has 0 amide bonds. The van der Waals surface area contributed by atoms with Gasteiger partial charge >= 0.3 is 5.97 Å². The van der Waals surface area contributed by atoms with E-state index in [0.717, 1.165) is 0 Å². The highest BCUT2D eigenvalue weighted by Gasteiger charge is 2.10. The molecule has 0 spiro atoms. The van der Waals surface area contributed by atoms with Crippen molar-refractivity contribution in [2.45, 2.75) is 6.29 Å². The van der Waals surface area contributed by atoms with Crippen molar-refractivity contribution in [2.24, 2.45) is 0 Å². The Morgan fingerprint density at radius 2 is 2.00 bits per heavy atom. The molecule has 0 radical (unpaired) electrons. The molecule has 0 fully saturated rings. The Morgan fingerprint density at radius 1 is 1.38 bits per heavy atom. The molecule has 0 aliphatic carbocycles. The van der Waals surface area contributed by atoms with Gasteiger partial charge in [-0.15, -0.1) is 0 Å². The van der Waals surface area contributed by atoms with Gasteiger partial charge in [-0.2, -0.15) is 0 Å². The fourth-order valence-electron chi connectivity index (χ4n) is 0.803. The Kier molecular flexibility index (Phi) is 3.42. The van der Waals surface area contributed by atoms with E-state index in [4.69, 9.17) is 10.2 Å². The molecule has 0 saturated heterocycles. The van der Waals surface area contributed by atoms with Crippen molar-refractivity contribution in [3.8, 4) is 0 Å². The summed E-state index contributed by atoms with van der Waals surface area (Å²) < 4.78 is 4.45. The van der Waals surface area contributed by atoms with Crippen LogP contribution in [0.4, 0.5) is 0 Å². The summed E-state index contributed by atoms with van der Waals surface area (Å²) in [6.07, 6.45) is -1.45. The largest absolute Gasteiger partial charge is 0.430 e. The van der Waals surface area contributed by atoms with Crippen LogP contribution in [-0.2, 0) is 4.74 Å². The molecule has 0 aliphatic rings. The van der Waals surface area contributed by atoms with Crippen molar-refractivity contribution >= 4 is 5.97 Å². The SMILES string of the molecule is O=C(OC(O)CO)c1ccccc1. The minimum absolute atomic E-state index is 0.343. The van der Waals surface area contributed by atoms with E-state index in [1.165, 1.54) is 0 Å². The first-order chi connectivity index (χ1) is 6.24. The van der Waals surface area contributed by atoms with Crippen molar-refractivity contribution < 1.29 is 19.7 Å². The van der Waals surface area contributed by atoms with Gasteiger partial charge in [0.1, 0.15) is 6.61 Å². The average Bonchev–Trinajstić information content (AvgIpc) is 2.19. The predicted molar refractivity (Wildman–Crippen MR) is 45.0 cm³/mol. The highest BCUT2D eigenvalue weighted by Crippen LogP contribution is 2.02. The quantitative estimate of drug-likeness (QED) is 0.516. The number of rotatable bonds is 3. The third-order valence-electron chi connectivity index (χ3n) is 1.41. The molecule has 1 aromatic rings. The lowest BCUT2D eigenvalue weighted by Gasteiger charge is -2.08. The van der Waals surface area contributed by atoms with Crippen molar-refractivity contribution in [1.82, 2.24) is 0 Å². The Balaban J connectivity index is 2.59. The van der Waals surface area contributed by atoms with Gasteiger partial charge < -0.3 is 14.9 Å². The number of hydrogen-bond donors (Lipinski definition) is 2. The van der Waals surface area contributed by atoms with Gasteiger partial charge in [-0.05, 0) is 12.1 Å². The van der Waals surface area contributed by atoms with E-state index in [1.807, 2.05) is 0 Å². The van der Waals surface area contributed by atoms with Gasteiger partial charge in [-0.1, -0.05) is 18.2 Å². The maximum absolute atomic E-state index is 11.1. The zero-order chi connectivity index (χ0) is 9.68. The zero-order valence-electron chi connectivity index (χ0n) is 6.88. The highest BCUT2D eigenvalue weighted by molar-refractivity contribution is 5.89. The van der Waals surface area contributed by atoms with Crippen LogP contribution < -0.4 is 0 Å². The lowest BCUT2D eigenvalue weighted by atomic mass is 10.2. The van der Waals surface area contributed by atoms with Crippen LogP contribution in [0.25, 0.3) is 0 Å². The van der Waals surface area contributed by atoms with E-state index in [0.29, 0.717) is 5.56 Å². The van der Waals surface area contributed by atoms with Crippen LogP contribution in [0.2, 0.25) is 0 Å². The van der Waals surface area contributed by atoms with Gasteiger partial charge in [0.05, 0.1) is 5.56 Å². The summed E-state index contributed by atoms with van der Waals surface area (Å²) in [4.78, 5) is 11.1. The average molecular weight is 182 g/mol. The minimum Gasteiger partial charge on any atom is -0.430 e. The predicted octanol–water partition coefficient (Wildman–Crippen LogP) is 0.154. The van der Waals surface area contributed by atoms with Crippen molar-refractivity contribution in [3.05, 3.63) is 35.9 Å². The standard InChI is InChI=1S/C9H10O4/c10-6-8(11)13-9(12)7-4-2-1-3-5-7/h1-5,8,10-11H,6H2. The summed E-state index contributed by atoms with van der Waals surface area (Å²) in [7, 11) is 0. The topological polar surface area (TPSA) is 66.8 Å². The van der Waals surface area contributed by atoms with Gasteiger partial charge in [0.25, 0.3) is 0 Å². The summed E-state index contributed by atoms with van der Waals surface area (Å²) in [5.74, 6) is -0.651. The molecule has 13 heavy (non-hydrogen) atoms. The van der Waals surface area contributed by atoms with Crippen LogP contribution in [0, 0.1) is 0 Å². The second-order valence-electron chi connectivity index (χ2n) is 2.41. The molecular weight excluding hydrogens is 172 g/mol. The number of aliphatic hydroxyl groups excluding tert-OH is 2. The second kappa shape index (κ2) is 4.59. The molecule has 1 atom stereocenters. The molecule has 2 N–H and O–H groups in total. The molecule has 4 nitrogen and oxygen atoms in total. The third kappa shape index (κ3) is 2.85. The van der Waals surface area contributed by atoms with Crippen LogP contribution in [-0.4, -0.2) is 29.1 Å². The lowest BCUT2D eigenvalue weighted by Crippen LogP contribution is -2.21. The van der Waals surface area contributed by atoms with E-state index >= 15 is 0 Å². The van der Waals surface area contributed by atoms with Crippen LogP contribution >= 0.6 is 0 Å². The molecule has 70 valence electrons. The third-order valence-corrected chi connectivity index (χ3v) is 1.41. The zero-order valence-corrected chi connectivity index (χ0v) is 6.88. The molecule has 0 saturated carbocycles. The highest BCUT2D eigenvalue weighted by atomic mass is 16.6. The smallest absolute Gasteiger partial charge is 0.340 e. The maximum atomic E-state index is 11.1. The van der Waals surface area contributed by atoms with E-state index in [1.54, 1.807) is 30.3 Å². The van der Waals surface area contributed by atoms with Crippen LogP contribution in [0.3, 0.4) is 0 Å². The first kappa shape index (κ1) is 9.70. The van der Waals surface area contributed by atoms with Crippen molar-refractivity contribution in [3.63, 3.8) is 0 Å². The summed E-state index contributed by atoms with van der Waals surface area (Å²) >= 11 is 0. The Bertz CT molecular complexity index is 270. The van der Waals surface area contributed by atoms with Gasteiger partial charge in [-0.25, -0.2) is 4.79 Å². The number of hydrogen-bond acceptors (Lipinski definition) is 4. The van der Waals surface area contributed by atoms with E-state index in [-0.39, 0.29) is 0 Å². The number of aliphatic hydroxyl groups is 2. The molecule has 0 aromatic heterocycles. The van der Waals surface area contributed by atoms with Gasteiger partial charge in [0.15, 0.2) is 0 Å². The molecule has 0 bridgehead atoms. The lowest BCUT2D eigenvalue weighted by molar-refractivity contribution is -0.0903. The fraction of sp³-hybridized carbons (Fsp3) is 0.222. The second-order valence-corrected chi connectivity index (χ2v) is 2.41. The number of carbonyl (C=O) groups is 1. The number of ether oxygens (including phenoxy) is 1. The summed E-state index contributed by atoms with van der Waals surface area (Å²) in [6.45, 7) is -0.599. The molecule has 0 heterocycles. The van der Waals surface area contributed by atoms with Crippen LogP contribution in [0.15, 0.2) is 30.3 Å². The fourth-order valence-corrected chi connectivity index (χ4v) is 0.803. The maximum Gasteiger partial charge on any atom is 0.340 e. The van der Waals surface area contributed by atoms with Gasteiger partial charge in [-0.3, -0.25) is 0 Å². The van der Waals surface area contributed by atoms with Gasteiger partial charge in [0, 0.05) is 0 Å². The van der Waals surface area contributed by atoms with E-state index in [2.05, 4.69) is 4.74 Å².